The van der Waals surface area contributed by atoms with E-state index in [9.17, 15) is 14.4 Å². The molecule has 3 rings (SSSR count). The first-order chi connectivity index (χ1) is 15.4. The first-order valence-corrected chi connectivity index (χ1v) is 10.8. The van der Waals surface area contributed by atoms with Crippen LogP contribution in [-0.2, 0) is 14.3 Å². The van der Waals surface area contributed by atoms with Gasteiger partial charge in [-0.15, -0.1) is 0 Å². The van der Waals surface area contributed by atoms with Crippen molar-refractivity contribution in [1.29, 1.82) is 0 Å². The van der Waals surface area contributed by atoms with Gasteiger partial charge in [-0.05, 0) is 54.5 Å². The molecule has 2 amide bonds. The van der Waals surface area contributed by atoms with Gasteiger partial charge in [0.1, 0.15) is 11.8 Å². The standard InChI is InChI=1S/C25H30N2O5/c1-16(2)22(27-24(29)19-7-5-4-6-8-19)25(30)32-15-21(28)26-23(17-9-10-17)18-11-13-20(31-3)14-12-18/h4-8,11-14,16-17,22-23H,9-10,15H2,1-3H3,(H,26,28)(H,27,29)/t22-,23?/m0/s1. The van der Waals surface area contributed by atoms with Crippen molar-refractivity contribution in [2.45, 2.75) is 38.8 Å². The van der Waals surface area contributed by atoms with Crippen molar-refractivity contribution in [2.24, 2.45) is 11.8 Å². The fourth-order valence-electron chi connectivity index (χ4n) is 3.47. The van der Waals surface area contributed by atoms with Crippen LogP contribution in [0.3, 0.4) is 0 Å². The summed E-state index contributed by atoms with van der Waals surface area (Å²) in [5.74, 6) is -0.442. The molecule has 7 nitrogen and oxygen atoms in total. The molecule has 170 valence electrons. The lowest BCUT2D eigenvalue weighted by atomic mass is 10.0. The lowest BCUT2D eigenvalue weighted by Crippen LogP contribution is -2.46. The minimum atomic E-state index is -0.851. The van der Waals surface area contributed by atoms with Crippen LogP contribution in [0.25, 0.3) is 0 Å². The molecule has 0 aliphatic heterocycles. The molecule has 2 atom stereocenters. The zero-order valence-corrected chi connectivity index (χ0v) is 18.7. The number of esters is 1. The van der Waals surface area contributed by atoms with Gasteiger partial charge in [-0.2, -0.15) is 0 Å². The number of amides is 2. The Labute approximate surface area is 188 Å². The zero-order valence-electron chi connectivity index (χ0n) is 18.7. The summed E-state index contributed by atoms with van der Waals surface area (Å²) in [5, 5.41) is 5.68. The number of methoxy groups -OCH3 is 1. The van der Waals surface area contributed by atoms with E-state index in [0.717, 1.165) is 24.2 Å². The van der Waals surface area contributed by atoms with Crippen LogP contribution in [-0.4, -0.2) is 37.5 Å². The minimum absolute atomic E-state index is 0.134. The fraction of sp³-hybridized carbons (Fsp3) is 0.400. The van der Waals surface area contributed by atoms with Crippen molar-refractivity contribution in [3.63, 3.8) is 0 Å². The molecule has 0 aromatic heterocycles. The summed E-state index contributed by atoms with van der Waals surface area (Å²) in [4.78, 5) is 37.5. The third kappa shape index (κ3) is 6.33. The van der Waals surface area contributed by atoms with E-state index in [1.807, 2.05) is 44.2 Å². The van der Waals surface area contributed by atoms with Crippen molar-refractivity contribution < 1.29 is 23.9 Å². The molecule has 0 spiro atoms. The van der Waals surface area contributed by atoms with E-state index in [-0.39, 0.29) is 23.8 Å². The topological polar surface area (TPSA) is 93.7 Å². The number of rotatable bonds is 10. The highest BCUT2D eigenvalue weighted by Gasteiger charge is 2.34. The molecule has 1 saturated carbocycles. The highest BCUT2D eigenvalue weighted by atomic mass is 16.5. The Morgan fingerprint density at radius 2 is 1.62 bits per heavy atom. The first-order valence-electron chi connectivity index (χ1n) is 10.8. The van der Waals surface area contributed by atoms with Crippen LogP contribution < -0.4 is 15.4 Å². The molecule has 1 unspecified atom stereocenters. The second kappa shape index (κ2) is 10.8. The number of carbonyl (C=O) groups excluding carboxylic acids is 3. The van der Waals surface area contributed by atoms with E-state index in [1.54, 1.807) is 31.4 Å². The molecule has 0 saturated heterocycles. The van der Waals surface area contributed by atoms with Crippen molar-refractivity contribution in [3.8, 4) is 5.75 Å². The fourth-order valence-corrected chi connectivity index (χ4v) is 3.47. The second-order valence-corrected chi connectivity index (χ2v) is 8.32. The summed E-state index contributed by atoms with van der Waals surface area (Å²) in [5.41, 5.74) is 1.44. The molecule has 0 bridgehead atoms. The normalized spacial score (nSPS) is 14.9. The van der Waals surface area contributed by atoms with Crippen LogP contribution >= 0.6 is 0 Å². The van der Waals surface area contributed by atoms with E-state index in [0.29, 0.717) is 11.5 Å². The quantitative estimate of drug-likeness (QED) is 0.556. The summed E-state index contributed by atoms with van der Waals surface area (Å²) >= 11 is 0. The van der Waals surface area contributed by atoms with Gasteiger partial charge in [-0.1, -0.05) is 44.2 Å². The predicted octanol–water partition coefficient (Wildman–Crippen LogP) is 3.26. The van der Waals surface area contributed by atoms with Crippen molar-refractivity contribution >= 4 is 17.8 Å². The Morgan fingerprint density at radius 1 is 0.969 bits per heavy atom. The van der Waals surface area contributed by atoms with Crippen molar-refractivity contribution in [2.75, 3.05) is 13.7 Å². The van der Waals surface area contributed by atoms with Crippen molar-refractivity contribution in [3.05, 3.63) is 65.7 Å². The molecular formula is C25H30N2O5. The number of benzene rings is 2. The number of hydrogen-bond donors (Lipinski definition) is 2. The van der Waals surface area contributed by atoms with Crippen LogP contribution in [0.1, 0.15) is 48.7 Å². The molecule has 2 aromatic carbocycles. The first kappa shape index (κ1) is 23.3. The van der Waals surface area contributed by atoms with E-state index in [1.165, 1.54) is 0 Å². The number of nitrogens with one attached hydrogen (secondary N) is 2. The smallest absolute Gasteiger partial charge is 0.329 e. The van der Waals surface area contributed by atoms with Gasteiger partial charge < -0.3 is 20.1 Å². The monoisotopic (exact) mass is 438 g/mol. The SMILES string of the molecule is COc1ccc(C(NC(=O)COC(=O)[C@@H](NC(=O)c2ccccc2)C(C)C)C2CC2)cc1. The molecule has 2 aromatic rings. The van der Waals surface area contributed by atoms with Gasteiger partial charge in [0.15, 0.2) is 6.61 Å². The number of carbonyl (C=O) groups is 3. The van der Waals surface area contributed by atoms with Gasteiger partial charge in [0, 0.05) is 5.56 Å². The minimum Gasteiger partial charge on any atom is -0.497 e. The Balaban J connectivity index is 1.55. The molecule has 1 fully saturated rings. The summed E-state index contributed by atoms with van der Waals surface area (Å²) in [6, 6.07) is 15.3. The van der Waals surface area contributed by atoms with Crippen LogP contribution in [0.2, 0.25) is 0 Å². The van der Waals surface area contributed by atoms with Crippen LogP contribution in [0, 0.1) is 11.8 Å². The van der Waals surface area contributed by atoms with E-state index in [2.05, 4.69) is 10.6 Å². The van der Waals surface area contributed by atoms with Crippen molar-refractivity contribution in [1.82, 2.24) is 10.6 Å². The maximum absolute atomic E-state index is 12.6. The molecule has 1 aliphatic rings. The molecule has 7 heteroatoms. The molecular weight excluding hydrogens is 408 g/mol. The number of ether oxygens (including phenoxy) is 2. The molecule has 1 aliphatic carbocycles. The van der Waals surface area contributed by atoms with Gasteiger partial charge in [0.05, 0.1) is 13.2 Å². The lowest BCUT2D eigenvalue weighted by molar-refractivity contribution is -0.151. The van der Waals surface area contributed by atoms with E-state index >= 15 is 0 Å². The second-order valence-electron chi connectivity index (χ2n) is 8.32. The Bertz CT molecular complexity index is 923. The maximum Gasteiger partial charge on any atom is 0.329 e. The Kier molecular flexibility index (Phi) is 7.87. The van der Waals surface area contributed by atoms with Crippen LogP contribution in [0.4, 0.5) is 0 Å². The van der Waals surface area contributed by atoms with E-state index in [4.69, 9.17) is 9.47 Å². The summed E-state index contributed by atoms with van der Waals surface area (Å²) in [6.45, 7) is 3.22. The molecule has 2 N–H and O–H groups in total. The third-order valence-corrected chi connectivity index (χ3v) is 5.47. The van der Waals surface area contributed by atoms with Crippen LogP contribution in [0.15, 0.2) is 54.6 Å². The lowest BCUT2D eigenvalue weighted by Gasteiger charge is -2.22. The molecule has 0 heterocycles. The van der Waals surface area contributed by atoms with E-state index < -0.39 is 18.6 Å². The summed E-state index contributed by atoms with van der Waals surface area (Å²) < 4.78 is 10.4. The highest BCUT2D eigenvalue weighted by molar-refractivity contribution is 5.97. The Hall–Kier alpha value is -3.35. The van der Waals surface area contributed by atoms with Crippen LogP contribution in [0.5, 0.6) is 5.75 Å². The summed E-state index contributed by atoms with van der Waals surface area (Å²) in [6.07, 6.45) is 2.08. The molecule has 0 radical (unpaired) electrons. The van der Waals surface area contributed by atoms with Gasteiger partial charge in [0.25, 0.3) is 11.8 Å². The van der Waals surface area contributed by atoms with Gasteiger partial charge >= 0.3 is 5.97 Å². The average molecular weight is 439 g/mol. The third-order valence-electron chi connectivity index (χ3n) is 5.47. The Morgan fingerprint density at radius 3 is 2.19 bits per heavy atom. The largest absolute Gasteiger partial charge is 0.497 e. The zero-order chi connectivity index (χ0) is 23.1. The number of hydrogen-bond acceptors (Lipinski definition) is 5. The average Bonchev–Trinajstić information content (AvgIpc) is 3.65. The van der Waals surface area contributed by atoms with Gasteiger partial charge in [0.2, 0.25) is 0 Å². The predicted molar refractivity (Wildman–Crippen MR) is 120 cm³/mol. The highest BCUT2D eigenvalue weighted by Crippen LogP contribution is 2.41. The maximum atomic E-state index is 12.6. The summed E-state index contributed by atoms with van der Waals surface area (Å²) in [7, 11) is 1.61. The molecule has 32 heavy (non-hydrogen) atoms. The van der Waals surface area contributed by atoms with Gasteiger partial charge in [-0.25, -0.2) is 4.79 Å². The van der Waals surface area contributed by atoms with Gasteiger partial charge in [-0.3, -0.25) is 9.59 Å².